The first-order valence-electron chi connectivity index (χ1n) is 6.49. The molecule has 3 aromatic rings. The number of H-pyrrole nitrogens is 1. The van der Waals surface area contributed by atoms with E-state index >= 15 is 0 Å². The van der Waals surface area contributed by atoms with Crippen LogP contribution in [0.25, 0.3) is 10.1 Å². The van der Waals surface area contributed by atoms with E-state index in [1.54, 1.807) is 37.3 Å². The number of hydrogen-bond acceptors (Lipinski definition) is 3. The third-order valence-electron chi connectivity index (χ3n) is 3.39. The molecule has 0 spiro atoms. The van der Waals surface area contributed by atoms with E-state index in [1.165, 1.54) is 17.4 Å². The van der Waals surface area contributed by atoms with Gasteiger partial charge in [-0.25, -0.2) is 9.37 Å². The van der Waals surface area contributed by atoms with Gasteiger partial charge in [-0.2, -0.15) is 0 Å². The summed E-state index contributed by atoms with van der Waals surface area (Å²) in [7, 11) is 1.71. The third-order valence-corrected chi connectivity index (χ3v) is 4.63. The predicted molar refractivity (Wildman–Crippen MR) is 80.9 cm³/mol. The summed E-state index contributed by atoms with van der Waals surface area (Å²) in [6.07, 6.45) is 3.36. The molecule has 0 aliphatic carbocycles. The molecule has 0 saturated heterocycles. The Morgan fingerprint density at radius 3 is 2.95 bits per heavy atom. The Labute approximate surface area is 125 Å². The Balaban J connectivity index is 1.94. The molecule has 0 unspecified atom stereocenters. The maximum absolute atomic E-state index is 13.9. The lowest BCUT2D eigenvalue weighted by atomic mass is 10.1. The predicted octanol–water partition coefficient (Wildman–Crippen LogP) is 3.34. The van der Waals surface area contributed by atoms with Gasteiger partial charge in [-0.05, 0) is 24.6 Å². The fourth-order valence-electron chi connectivity index (χ4n) is 2.31. The first kappa shape index (κ1) is 13.8. The molecule has 0 fully saturated rings. The molecular weight excluding hydrogens is 289 g/mol. The molecule has 3 rings (SSSR count). The number of nitrogens with zero attached hydrogens (tertiary/aromatic N) is 2. The quantitative estimate of drug-likeness (QED) is 0.806. The van der Waals surface area contributed by atoms with Gasteiger partial charge in [0.25, 0.3) is 5.91 Å². The van der Waals surface area contributed by atoms with Crippen LogP contribution in [0.3, 0.4) is 0 Å². The van der Waals surface area contributed by atoms with E-state index in [2.05, 4.69) is 9.97 Å². The van der Waals surface area contributed by atoms with Crippen LogP contribution in [0.1, 0.15) is 21.1 Å². The zero-order chi connectivity index (χ0) is 15.0. The van der Waals surface area contributed by atoms with Gasteiger partial charge in [0, 0.05) is 29.5 Å². The molecule has 0 aliphatic rings. The lowest BCUT2D eigenvalue weighted by molar-refractivity contribution is 0.0786. The van der Waals surface area contributed by atoms with Gasteiger partial charge in [0.2, 0.25) is 0 Å². The number of rotatable bonds is 3. The average Bonchev–Trinajstić information content (AvgIpc) is 3.07. The summed E-state index contributed by atoms with van der Waals surface area (Å²) in [5.41, 5.74) is 0.699. The monoisotopic (exact) mass is 303 g/mol. The van der Waals surface area contributed by atoms with Gasteiger partial charge in [-0.1, -0.05) is 6.07 Å². The first-order chi connectivity index (χ1) is 10.1. The minimum Gasteiger partial charge on any atom is -0.347 e. The summed E-state index contributed by atoms with van der Waals surface area (Å²) < 4.78 is 14.7. The molecular formula is C15H14FN3OS. The summed E-state index contributed by atoms with van der Waals surface area (Å²) in [6, 6.07) is 4.91. The lowest BCUT2D eigenvalue weighted by Crippen LogP contribution is -2.26. The van der Waals surface area contributed by atoms with Crippen molar-refractivity contribution >= 4 is 27.3 Å². The number of benzene rings is 1. The number of thiophene rings is 1. The van der Waals surface area contributed by atoms with Gasteiger partial charge in [0.15, 0.2) is 0 Å². The van der Waals surface area contributed by atoms with Crippen LogP contribution in [0.4, 0.5) is 4.39 Å². The number of aromatic amines is 1. The molecule has 0 radical (unpaired) electrons. The molecule has 108 valence electrons. The van der Waals surface area contributed by atoms with E-state index in [0.29, 0.717) is 22.4 Å². The zero-order valence-electron chi connectivity index (χ0n) is 11.7. The van der Waals surface area contributed by atoms with Crippen LogP contribution in [0, 0.1) is 12.7 Å². The van der Waals surface area contributed by atoms with Crippen LogP contribution in [-0.4, -0.2) is 27.8 Å². The highest BCUT2D eigenvalue weighted by molar-refractivity contribution is 7.21. The Hall–Kier alpha value is -2.21. The second-order valence-electron chi connectivity index (χ2n) is 4.87. The average molecular weight is 303 g/mol. The first-order valence-corrected chi connectivity index (χ1v) is 7.31. The fourth-order valence-corrected chi connectivity index (χ4v) is 3.53. The summed E-state index contributed by atoms with van der Waals surface area (Å²) in [6.45, 7) is 2.18. The van der Waals surface area contributed by atoms with Gasteiger partial charge in [0.1, 0.15) is 11.6 Å². The van der Waals surface area contributed by atoms with Crippen molar-refractivity contribution in [3.05, 3.63) is 52.7 Å². The van der Waals surface area contributed by atoms with Crippen molar-refractivity contribution in [1.82, 2.24) is 14.9 Å². The van der Waals surface area contributed by atoms with E-state index in [0.717, 1.165) is 10.5 Å². The second-order valence-corrected chi connectivity index (χ2v) is 5.92. The summed E-state index contributed by atoms with van der Waals surface area (Å²) >= 11 is 1.33. The molecule has 2 aromatic heterocycles. The second kappa shape index (κ2) is 5.29. The number of fused-ring (bicyclic) bond motifs is 1. The number of imidazole rings is 1. The fraction of sp³-hybridized carbons (Fsp3) is 0.200. The lowest BCUT2D eigenvalue weighted by Gasteiger charge is -2.15. The highest BCUT2D eigenvalue weighted by Crippen LogP contribution is 2.33. The van der Waals surface area contributed by atoms with Crippen molar-refractivity contribution in [2.75, 3.05) is 7.05 Å². The molecule has 0 atom stereocenters. The van der Waals surface area contributed by atoms with E-state index in [1.807, 2.05) is 6.07 Å². The molecule has 0 saturated carbocycles. The summed E-state index contributed by atoms with van der Waals surface area (Å²) in [4.78, 5) is 21.8. The summed E-state index contributed by atoms with van der Waals surface area (Å²) in [5, 5.41) is 0.539. The molecule has 21 heavy (non-hydrogen) atoms. The van der Waals surface area contributed by atoms with Crippen molar-refractivity contribution in [3.8, 4) is 0 Å². The highest BCUT2D eigenvalue weighted by Gasteiger charge is 2.21. The van der Waals surface area contributed by atoms with E-state index in [4.69, 9.17) is 0 Å². The molecule has 0 bridgehead atoms. The van der Waals surface area contributed by atoms with Crippen LogP contribution >= 0.6 is 11.3 Å². The molecule has 1 N–H and O–H groups in total. The molecule has 1 amide bonds. The zero-order valence-corrected chi connectivity index (χ0v) is 12.5. The van der Waals surface area contributed by atoms with Gasteiger partial charge in [-0.3, -0.25) is 4.79 Å². The van der Waals surface area contributed by atoms with Gasteiger partial charge in [0.05, 0.1) is 11.4 Å². The van der Waals surface area contributed by atoms with Gasteiger partial charge >= 0.3 is 0 Å². The largest absolute Gasteiger partial charge is 0.347 e. The number of carbonyl (C=O) groups excluding carboxylic acids is 1. The van der Waals surface area contributed by atoms with Crippen LogP contribution in [0.15, 0.2) is 30.6 Å². The number of aromatic nitrogens is 2. The Kier molecular flexibility index (Phi) is 3.47. The number of carbonyl (C=O) groups is 1. The third kappa shape index (κ3) is 2.42. The van der Waals surface area contributed by atoms with Crippen molar-refractivity contribution in [1.29, 1.82) is 0 Å². The van der Waals surface area contributed by atoms with Crippen molar-refractivity contribution in [3.63, 3.8) is 0 Å². The topological polar surface area (TPSA) is 49.0 Å². The smallest absolute Gasteiger partial charge is 0.264 e. The Morgan fingerprint density at radius 1 is 1.48 bits per heavy atom. The minimum atomic E-state index is -0.283. The highest BCUT2D eigenvalue weighted by atomic mass is 32.1. The van der Waals surface area contributed by atoms with E-state index in [9.17, 15) is 9.18 Å². The standard InChI is InChI=1S/C15H14FN3OS/c1-9-13-10(16)4-3-5-11(13)21-14(9)15(20)19(2)8-12-17-6-7-18-12/h3-7H,8H2,1-2H3,(H,17,18). The van der Waals surface area contributed by atoms with Crippen LogP contribution in [-0.2, 0) is 6.54 Å². The molecule has 1 aromatic carbocycles. The number of hydrogen-bond donors (Lipinski definition) is 1. The van der Waals surface area contributed by atoms with Gasteiger partial charge in [-0.15, -0.1) is 11.3 Å². The van der Waals surface area contributed by atoms with E-state index < -0.39 is 0 Å². The normalized spacial score (nSPS) is 11.0. The van der Waals surface area contributed by atoms with E-state index in [-0.39, 0.29) is 11.7 Å². The van der Waals surface area contributed by atoms with Gasteiger partial charge < -0.3 is 9.88 Å². The Morgan fingerprint density at radius 2 is 2.29 bits per heavy atom. The molecule has 0 aliphatic heterocycles. The van der Waals surface area contributed by atoms with Crippen LogP contribution < -0.4 is 0 Å². The SMILES string of the molecule is Cc1c(C(=O)N(C)Cc2ncc[nH]2)sc2cccc(F)c12. The van der Waals surface area contributed by atoms with Crippen molar-refractivity contribution in [2.24, 2.45) is 0 Å². The number of amides is 1. The van der Waals surface area contributed by atoms with Crippen molar-refractivity contribution < 1.29 is 9.18 Å². The minimum absolute atomic E-state index is 0.121. The number of halogens is 1. The number of aryl methyl sites for hydroxylation is 1. The molecule has 2 heterocycles. The maximum Gasteiger partial charge on any atom is 0.264 e. The van der Waals surface area contributed by atoms with Crippen molar-refractivity contribution in [2.45, 2.75) is 13.5 Å². The number of nitrogens with one attached hydrogen (secondary N) is 1. The molecule has 4 nitrogen and oxygen atoms in total. The molecule has 6 heteroatoms. The van der Waals surface area contributed by atoms with Crippen LogP contribution in [0.5, 0.6) is 0 Å². The Bertz CT molecular complexity index is 795. The maximum atomic E-state index is 13.9. The van der Waals surface area contributed by atoms with Crippen LogP contribution in [0.2, 0.25) is 0 Å². The summed E-state index contributed by atoms with van der Waals surface area (Å²) in [5.74, 6) is 0.314.